The van der Waals surface area contributed by atoms with Crippen LogP contribution in [-0.2, 0) is 6.54 Å². The SMILES string of the molecule is COc1cc(F)cc(CNC(=O)Nc2ccc(C)cc2-c2nc(C3CC3)no2)c1. The largest absolute Gasteiger partial charge is 0.497 e. The van der Waals surface area contributed by atoms with E-state index >= 15 is 0 Å². The van der Waals surface area contributed by atoms with Crippen LogP contribution in [0.15, 0.2) is 40.9 Å². The average molecular weight is 396 g/mol. The molecule has 2 N–H and O–H groups in total. The molecule has 0 atom stereocenters. The molecule has 150 valence electrons. The Hall–Kier alpha value is -3.42. The molecule has 1 heterocycles. The van der Waals surface area contributed by atoms with Crippen molar-refractivity contribution in [3.63, 3.8) is 0 Å². The van der Waals surface area contributed by atoms with Crippen molar-refractivity contribution in [2.24, 2.45) is 0 Å². The number of carbonyl (C=O) groups is 1. The summed E-state index contributed by atoms with van der Waals surface area (Å²) in [6.45, 7) is 2.09. The van der Waals surface area contributed by atoms with E-state index in [4.69, 9.17) is 9.26 Å². The highest BCUT2D eigenvalue weighted by atomic mass is 19.1. The zero-order valence-corrected chi connectivity index (χ0v) is 16.2. The number of aromatic nitrogens is 2. The standard InChI is InChI=1S/C21H21FN4O3/c1-12-3-6-18(17(7-12)20-25-19(26-29-20)14-4-5-14)24-21(27)23-11-13-8-15(22)10-16(9-13)28-2/h3,6-10,14H,4-5,11H2,1-2H3,(H2,23,24,27). The molecular weight excluding hydrogens is 375 g/mol. The van der Waals surface area contributed by atoms with Gasteiger partial charge in [0.1, 0.15) is 11.6 Å². The highest BCUT2D eigenvalue weighted by molar-refractivity contribution is 5.93. The molecule has 1 saturated carbocycles. The highest BCUT2D eigenvalue weighted by Crippen LogP contribution is 2.39. The monoisotopic (exact) mass is 396 g/mol. The molecular formula is C21H21FN4O3. The van der Waals surface area contributed by atoms with Crippen molar-refractivity contribution in [3.8, 4) is 17.2 Å². The number of aryl methyl sites for hydroxylation is 1. The lowest BCUT2D eigenvalue weighted by Gasteiger charge is -2.11. The fourth-order valence-electron chi connectivity index (χ4n) is 2.99. The van der Waals surface area contributed by atoms with E-state index in [9.17, 15) is 9.18 Å². The minimum absolute atomic E-state index is 0.146. The summed E-state index contributed by atoms with van der Waals surface area (Å²) in [7, 11) is 1.46. The summed E-state index contributed by atoms with van der Waals surface area (Å²) in [6.07, 6.45) is 2.15. The third-order valence-corrected chi connectivity index (χ3v) is 4.66. The first-order valence-electron chi connectivity index (χ1n) is 9.35. The van der Waals surface area contributed by atoms with Crippen LogP contribution < -0.4 is 15.4 Å². The van der Waals surface area contributed by atoms with Gasteiger partial charge in [-0.3, -0.25) is 0 Å². The Kier molecular flexibility index (Phi) is 5.16. The number of anilines is 1. The van der Waals surface area contributed by atoms with Crippen LogP contribution in [0.5, 0.6) is 5.75 Å². The lowest BCUT2D eigenvalue weighted by atomic mass is 10.1. The van der Waals surface area contributed by atoms with Crippen LogP contribution in [0.4, 0.5) is 14.9 Å². The van der Waals surface area contributed by atoms with Crippen molar-refractivity contribution >= 4 is 11.7 Å². The van der Waals surface area contributed by atoms with Crippen molar-refractivity contribution < 1.29 is 18.4 Å². The van der Waals surface area contributed by atoms with Gasteiger partial charge in [0.2, 0.25) is 0 Å². The van der Waals surface area contributed by atoms with Gasteiger partial charge >= 0.3 is 6.03 Å². The molecule has 1 aliphatic rings. The first kappa shape index (κ1) is 18.9. The molecule has 1 fully saturated rings. The van der Waals surface area contributed by atoms with E-state index in [1.165, 1.54) is 19.2 Å². The number of urea groups is 1. The van der Waals surface area contributed by atoms with Crippen LogP contribution >= 0.6 is 0 Å². The van der Waals surface area contributed by atoms with Crippen molar-refractivity contribution in [3.05, 3.63) is 59.2 Å². The molecule has 0 bridgehead atoms. The number of carbonyl (C=O) groups excluding carboxylic acids is 1. The third-order valence-electron chi connectivity index (χ3n) is 4.66. The van der Waals surface area contributed by atoms with Crippen LogP contribution in [-0.4, -0.2) is 23.3 Å². The Bertz CT molecular complexity index is 1050. The summed E-state index contributed by atoms with van der Waals surface area (Å²) in [6, 6.07) is 9.42. The zero-order chi connectivity index (χ0) is 20.4. The number of rotatable bonds is 6. The van der Waals surface area contributed by atoms with Gasteiger partial charge in [0.25, 0.3) is 5.89 Å². The molecule has 0 radical (unpaired) electrons. The molecule has 1 aliphatic carbocycles. The van der Waals surface area contributed by atoms with E-state index in [1.54, 1.807) is 12.1 Å². The molecule has 0 spiro atoms. The van der Waals surface area contributed by atoms with Crippen LogP contribution in [0.3, 0.4) is 0 Å². The summed E-state index contributed by atoms with van der Waals surface area (Å²) >= 11 is 0. The third kappa shape index (κ3) is 4.53. The molecule has 0 saturated heterocycles. The summed E-state index contributed by atoms with van der Waals surface area (Å²) in [5.41, 5.74) is 2.80. The maximum atomic E-state index is 13.6. The Balaban J connectivity index is 1.47. The van der Waals surface area contributed by atoms with Crippen LogP contribution in [0.25, 0.3) is 11.5 Å². The van der Waals surface area contributed by atoms with Gasteiger partial charge in [0, 0.05) is 18.5 Å². The first-order chi connectivity index (χ1) is 14.0. The fourth-order valence-corrected chi connectivity index (χ4v) is 2.99. The van der Waals surface area contributed by atoms with Gasteiger partial charge in [-0.05, 0) is 49.6 Å². The Morgan fingerprint density at radius 1 is 1.28 bits per heavy atom. The predicted octanol–water partition coefficient (Wildman–Crippen LogP) is 4.39. The maximum absolute atomic E-state index is 13.6. The highest BCUT2D eigenvalue weighted by Gasteiger charge is 2.29. The Morgan fingerprint density at radius 3 is 2.86 bits per heavy atom. The second kappa shape index (κ2) is 7.90. The van der Waals surface area contributed by atoms with Crippen LogP contribution in [0.2, 0.25) is 0 Å². The predicted molar refractivity (Wildman–Crippen MR) is 105 cm³/mol. The molecule has 1 aromatic heterocycles. The van der Waals surface area contributed by atoms with Gasteiger partial charge in [0.15, 0.2) is 5.82 Å². The molecule has 0 unspecified atom stereocenters. The number of nitrogens with one attached hydrogen (secondary N) is 2. The smallest absolute Gasteiger partial charge is 0.319 e. The molecule has 2 aromatic carbocycles. The van der Waals surface area contributed by atoms with E-state index in [-0.39, 0.29) is 6.54 Å². The number of methoxy groups -OCH3 is 1. The second-order valence-electron chi connectivity index (χ2n) is 7.09. The zero-order valence-electron chi connectivity index (χ0n) is 16.2. The molecule has 2 amide bonds. The van der Waals surface area contributed by atoms with Gasteiger partial charge in [-0.15, -0.1) is 0 Å². The molecule has 7 nitrogen and oxygen atoms in total. The second-order valence-corrected chi connectivity index (χ2v) is 7.09. The van der Waals surface area contributed by atoms with E-state index in [0.717, 1.165) is 18.4 Å². The summed E-state index contributed by atoms with van der Waals surface area (Å²) in [4.78, 5) is 16.9. The summed E-state index contributed by atoms with van der Waals surface area (Å²) < 4.78 is 24.1. The number of amides is 2. The van der Waals surface area contributed by atoms with E-state index in [0.29, 0.717) is 40.2 Å². The lowest BCUT2D eigenvalue weighted by Crippen LogP contribution is -2.28. The van der Waals surface area contributed by atoms with Gasteiger partial charge in [0.05, 0.1) is 18.4 Å². The quantitative estimate of drug-likeness (QED) is 0.645. The number of ether oxygens (including phenoxy) is 1. The normalized spacial score (nSPS) is 13.2. The van der Waals surface area contributed by atoms with Gasteiger partial charge in [-0.25, -0.2) is 9.18 Å². The Morgan fingerprint density at radius 2 is 2.10 bits per heavy atom. The molecule has 3 aromatic rings. The molecule has 0 aliphatic heterocycles. The molecule has 29 heavy (non-hydrogen) atoms. The van der Waals surface area contributed by atoms with Crippen molar-refractivity contribution in [1.29, 1.82) is 0 Å². The van der Waals surface area contributed by atoms with Crippen LogP contribution in [0.1, 0.15) is 35.7 Å². The van der Waals surface area contributed by atoms with Gasteiger partial charge in [-0.2, -0.15) is 4.98 Å². The number of halogens is 1. The summed E-state index contributed by atoms with van der Waals surface area (Å²) in [5.74, 6) is 1.43. The number of hydrogen-bond acceptors (Lipinski definition) is 5. The maximum Gasteiger partial charge on any atom is 0.319 e. The fraction of sp³-hybridized carbons (Fsp3) is 0.286. The molecule has 8 heteroatoms. The average Bonchev–Trinajstić information content (AvgIpc) is 3.44. The Labute approximate surface area is 167 Å². The first-order valence-corrected chi connectivity index (χ1v) is 9.35. The van der Waals surface area contributed by atoms with Crippen molar-refractivity contribution in [1.82, 2.24) is 15.5 Å². The van der Waals surface area contributed by atoms with Crippen LogP contribution in [0, 0.1) is 12.7 Å². The van der Waals surface area contributed by atoms with Crippen molar-refractivity contribution in [2.75, 3.05) is 12.4 Å². The molecule has 4 rings (SSSR count). The van der Waals surface area contributed by atoms with Crippen molar-refractivity contribution in [2.45, 2.75) is 32.2 Å². The summed E-state index contributed by atoms with van der Waals surface area (Å²) in [5, 5.41) is 9.56. The van der Waals surface area contributed by atoms with E-state index in [2.05, 4.69) is 20.8 Å². The number of benzene rings is 2. The minimum atomic E-state index is -0.430. The topological polar surface area (TPSA) is 89.3 Å². The van der Waals surface area contributed by atoms with Gasteiger partial charge < -0.3 is 19.9 Å². The minimum Gasteiger partial charge on any atom is -0.497 e. The van der Waals surface area contributed by atoms with Gasteiger partial charge in [-0.1, -0.05) is 16.8 Å². The number of hydrogen-bond donors (Lipinski definition) is 2. The lowest BCUT2D eigenvalue weighted by molar-refractivity contribution is 0.251. The van der Waals surface area contributed by atoms with E-state index in [1.807, 2.05) is 19.1 Å². The number of nitrogens with zero attached hydrogens (tertiary/aromatic N) is 2. The van der Waals surface area contributed by atoms with E-state index < -0.39 is 11.8 Å².